The molecule has 0 saturated carbocycles. The van der Waals surface area contributed by atoms with Gasteiger partial charge < -0.3 is 15.7 Å². The zero-order chi connectivity index (χ0) is 14.9. The highest BCUT2D eigenvalue weighted by Gasteiger charge is 2.33. The first kappa shape index (κ1) is 14.5. The Kier molecular flexibility index (Phi) is 3.76. The second kappa shape index (κ2) is 5.20. The molecule has 0 spiro atoms. The Bertz CT molecular complexity index is 557. The Balaban J connectivity index is 2.29. The monoisotopic (exact) mass is 280 g/mol. The molecule has 0 radical (unpaired) electrons. The van der Waals surface area contributed by atoms with Crippen molar-refractivity contribution >= 4 is 17.5 Å². The minimum absolute atomic E-state index is 0.00593. The second-order valence-corrected chi connectivity index (χ2v) is 5.57. The maximum Gasteiger partial charge on any atom is 0.228 e. The average Bonchev–Trinajstić information content (AvgIpc) is 2.36. The van der Waals surface area contributed by atoms with Gasteiger partial charge in [0.2, 0.25) is 11.8 Å². The molecule has 20 heavy (non-hydrogen) atoms. The van der Waals surface area contributed by atoms with Gasteiger partial charge >= 0.3 is 0 Å². The average molecular weight is 280 g/mol. The van der Waals surface area contributed by atoms with Crippen LogP contribution in [0.2, 0.25) is 0 Å². The summed E-state index contributed by atoms with van der Waals surface area (Å²) in [6.07, 6.45) is 0.00593. The number of hydrogen-bond donors (Lipinski definition) is 3. The molecule has 1 heterocycles. The molecule has 3 N–H and O–H groups in total. The van der Waals surface area contributed by atoms with Crippen LogP contribution in [0.1, 0.15) is 31.7 Å². The molecule has 1 unspecified atom stereocenters. The molecule has 6 heteroatoms. The van der Waals surface area contributed by atoms with E-state index in [4.69, 9.17) is 0 Å². The Labute approximate surface area is 116 Å². The number of hydrogen-bond acceptors (Lipinski definition) is 3. The van der Waals surface area contributed by atoms with Crippen molar-refractivity contribution < 1.29 is 19.1 Å². The quantitative estimate of drug-likeness (QED) is 0.777. The van der Waals surface area contributed by atoms with Crippen molar-refractivity contribution in [1.82, 2.24) is 5.32 Å². The third-order valence-electron chi connectivity index (χ3n) is 3.23. The summed E-state index contributed by atoms with van der Waals surface area (Å²) in [5.74, 6) is -1.83. The zero-order valence-electron chi connectivity index (χ0n) is 11.4. The molecule has 1 aromatic carbocycles. The van der Waals surface area contributed by atoms with Crippen molar-refractivity contribution in [2.75, 3.05) is 11.9 Å². The molecule has 2 amide bonds. The molecule has 0 saturated heterocycles. The van der Waals surface area contributed by atoms with E-state index in [9.17, 15) is 19.1 Å². The van der Waals surface area contributed by atoms with E-state index in [1.54, 1.807) is 13.8 Å². The lowest BCUT2D eigenvalue weighted by molar-refractivity contribution is -0.128. The van der Waals surface area contributed by atoms with E-state index in [1.165, 1.54) is 18.2 Å². The standard InChI is InChI=1S/C14H17FN2O3/c1-14(2,7-18)17-13(20)10-6-12(19)16-11-5-8(15)3-4-9(10)11/h3-5,10,18H,6-7H2,1-2H3,(H,16,19)(H,17,20). The van der Waals surface area contributed by atoms with Crippen LogP contribution in [0.15, 0.2) is 18.2 Å². The largest absolute Gasteiger partial charge is 0.394 e. The molecule has 108 valence electrons. The number of benzene rings is 1. The Morgan fingerprint density at radius 2 is 2.25 bits per heavy atom. The molecule has 1 aromatic rings. The summed E-state index contributed by atoms with van der Waals surface area (Å²) in [6.45, 7) is 3.15. The lowest BCUT2D eigenvalue weighted by Crippen LogP contribution is -2.49. The third kappa shape index (κ3) is 2.96. The molecule has 1 aliphatic rings. The predicted molar refractivity (Wildman–Crippen MR) is 71.7 cm³/mol. The SMILES string of the molecule is CC(C)(CO)NC(=O)C1CC(=O)Nc2cc(F)ccc21. The predicted octanol–water partition coefficient (Wildman–Crippen LogP) is 1.14. The van der Waals surface area contributed by atoms with Crippen LogP contribution in [0.4, 0.5) is 10.1 Å². The van der Waals surface area contributed by atoms with Crippen molar-refractivity contribution in [3.8, 4) is 0 Å². The van der Waals surface area contributed by atoms with Crippen LogP contribution in [-0.2, 0) is 9.59 Å². The van der Waals surface area contributed by atoms with Crippen LogP contribution in [0.3, 0.4) is 0 Å². The summed E-state index contributed by atoms with van der Waals surface area (Å²) in [6, 6.07) is 3.96. The molecule has 0 bridgehead atoms. The van der Waals surface area contributed by atoms with E-state index in [2.05, 4.69) is 10.6 Å². The number of halogens is 1. The first-order valence-electron chi connectivity index (χ1n) is 6.34. The molecule has 1 aliphatic heterocycles. The third-order valence-corrected chi connectivity index (χ3v) is 3.23. The minimum Gasteiger partial charge on any atom is -0.394 e. The highest BCUT2D eigenvalue weighted by molar-refractivity contribution is 6.01. The fraction of sp³-hybridized carbons (Fsp3) is 0.429. The summed E-state index contributed by atoms with van der Waals surface area (Å²) in [7, 11) is 0. The van der Waals surface area contributed by atoms with E-state index >= 15 is 0 Å². The Hall–Kier alpha value is -1.95. The number of amides is 2. The highest BCUT2D eigenvalue weighted by atomic mass is 19.1. The van der Waals surface area contributed by atoms with Gasteiger partial charge in [-0.25, -0.2) is 4.39 Å². The van der Waals surface area contributed by atoms with Crippen molar-refractivity contribution in [2.24, 2.45) is 0 Å². The van der Waals surface area contributed by atoms with Crippen LogP contribution in [0, 0.1) is 5.82 Å². The Morgan fingerprint density at radius 1 is 1.55 bits per heavy atom. The van der Waals surface area contributed by atoms with E-state index < -0.39 is 17.3 Å². The number of fused-ring (bicyclic) bond motifs is 1. The summed E-state index contributed by atoms with van der Waals surface area (Å²) in [5.41, 5.74) is 0.131. The first-order valence-corrected chi connectivity index (χ1v) is 6.34. The fourth-order valence-electron chi connectivity index (χ4n) is 2.13. The molecular weight excluding hydrogens is 263 g/mol. The number of aliphatic hydroxyl groups excluding tert-OH is 1. The van der Waals surface area contributed by atoms with Gasteiger partial charge in [-0.15, -0.1) is 0 Å². The van der Waals surface area contributed by atoms with Crippen molar-refractivity contribution in [3.63, 3.8) is 0 Å². The number of anilines is 1. The number of carbonyl (C=O) groups excluding carboxylic acids is 2. The van der Waals surface area contributed by atoms with Gasteiger partial charge in [-0.05, 0) is 31.5 Å². The number of rotatable bonds is 3. The summed E-state index contributed by atoms with van der Waals surface area (Å²) in [5, 5.41) is 14.4. The Morgan fingerprint density at radius 3 is 2.90 bits per heavy atom. The van der Waals surface area contributed by atoms with Crippen LogP contribution < -0.4 is 10.6 Å². The topological polar surface area (TPSA) is 78.4 Å². The lowest BCUT2D eigenvalue weighted by atomic mass is 9.89. The van der Waals surface area contributed by atoms with Crippen LogP contribution in [0.25, 0.3) is 0 Å². The van der Waals surface area contributed by atoms with Crippen molar-refractivity contribution in [1.29, 1.82) is 0 Å². The maximum atomic E-state index is 13.2. The summed E-state index contributed by atoms with van der Waals surface area (Å²) in [4.78, 5) is 23.9. The van der Waals surface area contributed by atoms with Gasteiger partial charge in [-0.1, -0.05) is 6.07 Å². The minimum atomic E-state index is -0.773. The highest BCUT2D eigenvalue weighted by Crippen LogP contribution is 2.33. The van der Waals surface area contributed by atoms with E-state index in [-0.39, 0.29) is 24.8 Å². The molecular formula is C14H17FN2O3. The van der Waals surface area contributed by atoms with Crippen LogP contribution in [0.5, 0.6) is 0 Å². The van der Waals surface area contributed by atoms with Gasteiger partial charge in [0, 0.05) is 12.1 Å². The number of carbonyl (C=O) groups is 2. The lowest BCUT2D eigenvalue weighted by Gasteiger charge is -2.29. The second-order valence-electron chi connectivity index (χ2n) is 5.57. The maximum absolute atomic E-state index is 13.2. The molecule has 0 aromatic heterocycles. The molecule has 1 atom stereocenters. The van der Waals surface area contributed by atoms with Gasteiger partial charge in [-0.3, -0.25) is 9.59 Å². The molecule has 0 fully saturated rings. The van der Waals surface area contributed by atoms with Gasteiger partial charge in [-0.2, -0.15) is 0 Å². The number of aliphatic hydroxyl groups is 1. The van der Waals surface area contributed by atoms with Crippen molar-refractivity contribution in [2.45, 2.75) is 31.7 Å². The van der Waals surface area contributed by atoms with Crippen molar-refractivity contribution in [3.05, 3.63) is 29.6 Å². The van der Waals surface area contributed by atoms with Crippen LogP contribution >= 0.6 is 0 Å². The first-order chi connectivity index (χ1) is 9.32. The smallest absolute Gasteiger partial charge is 0.228 e. The molecule has 2 rings (SSSR count). The van der Waals surface area contributed by atoms with Gasteiger partial charge in [0.05, 0.1) is 18.1 Å². The number of nitrogens with one attached hydrogen (secondary N) is 2. The van der Waals surface area contributed by atoms with Crippen LogP contribution in [-0.4, -0.2) is 29.1 Å². The van der Waals surface area contributed by atoms with E-state index in [0.29, 0.717) is 11.3 Å². The fourth-order valence-corrected chi connectivity index (χ4v) is 2.13. The normalized spacial score (nSPS) is 18.2. The molecule has 5 nitrogen and oxygen atoms in total. The van der Waals surface area contributed by atoms with Gasteiger partial charge in [0.1, 0.15) is 5.82 Å². The summed E-state index contributed by atoms with van der Waals surface area (Å²) < 4.78 is 13.2. The van der Waals surface area contributed by atoms with E-state index in [1.807, 2.05) is 0 Å². The van der Waals surface area contributed by atoms with Gasteiger partial charge in [0.15, 0.2) is 0 Å². The summed E-state index contributed by atoms with van der Waals surface area (Å²) >= 11 is 0. The van der Waals surface area contributed by atoms with E-state index in [0.717, 1.165) is 0 Å². The van der Waals surface area contributed by atoms with Gasteiger partial charge in [0.25, 0.3) is 0 Å². The zero-order valence-corrected chi connectivity index (χ0v) is 11.4. The molecule has 0 aliphatic carbocycles.